The zero-order valence-electron chi connectivity index (χ0n) is 6.85. The molecule has 62 valence electrons. The first kappa shape index (κ1) is 8.04. The number of amides is 1. The van der Waals surface area contributed by atoms with E-state index >= 15 is 0 Å². The van der Waals surface area contributed by atoms with Crippen LogP contribution < -0.4 is 11.1 Å². The van der Waals surface area contributed by atoms with Gasteiger partial charge < -0.3 is 5.73 Å². The lowest BCUT2D eigenvalue weighted by Gasteiger charge is -2.17. The lowest BCUT2D eigenvalue weighted by molar-refractivity contribution is -0.123. The number of hydrogen-bond acceptors (Lipinski definition) is 3. The minimum atomic E-state index is -0.579. The molecule has 0 aromatic carbocycles. The van der Waals surface area contributed by atoms with E-state index in [4.69, 9.17) is 5.73 Å². The predicted octanol–water partition coefficient (Wildman–Crippen LogP) is -0.0103. The molecule has 0 saturated carbocycles. The summed E-state index contributed by atoms with van der Waals surface area (Å²) in [6.45, 7) is 3.87. The Bertz CT molecular complexity index is 206. The van der Waals surface area contributed by atoms with Gasteiger partial charge in [0.05, 0.1) is 0 Å². The number of nitrogens with two attached hydrogens (primary N) is 1. The van der Waals surface area contributed by atoms with Crippen LogP contribution >= 0.6 is 0 Å². The number of nitrogens with zero attached hydrogens (tertiary/aromatic N) is 1. The summed E-state index contributed by atoms with van der Waals surface area (Å²) < 4.78 is 0. The van der Waals surface area contributed by atoms with E-state index in [9.17, 15) is 4.79 Å². The molecule has 0 saturated heterocycles. The van der Waals surface area contributed by atoms with Gasteiger partial charge in [-0.15, -0.1) is 0 Å². The van der Waals surface area contributed by atoms with E-state index in [0.29, 0.717) is 12.8 Å². The summed E-state index contributed by atoms with van der Waals surface area (Å²) >= 11 is 0. The van der Waals surface area contributed by atoms with E-state index in [1.165, 1.54) is 0 Å². The molecule has 11 heavy (non-hydrogen) atoms. The van der Waals surface area contributed by atoms with Crippen LogP contribution in [0.3, 0.4) is 0 Å². The monoisotopic (exact) mass is 155 g/mol. The maximum atomic E-state index is 11.3. The van der Waals surface area contributed by atoms with E-state index in [1.54, 1.807) is 0 Å². The van der Waals surface area contributed by atoms with Gasteiger partial charge in [-0.1, -0.05) is 13.8 Å². The zero-order valence-corrected chi connectivity index (χ0v) is 6.85. The summed E-state index contributed by atoms with van der Waals surface area (Å²) in [5.41, 5.74) is 4.79. The number of hydrogen-bond donors (Lipinski definition) is 2. The quantitative estimate of drug-likeness (QED) is 0.589. The molecule has 0 atom stereocenters. The summed E-state index contributed by atoms with van der Waals surface area (Å²) in [6.07, 6.45) is 1.41. The number of guanidine groups is 1. The molecule has 0 fully saturated rings. The fraction of sp³-hybridized carbons (Fsp3) is 0.714. The van der Waals surface area contributed by atoms with Crippen molar-refractivity contribution in [1.29, 1.82) is 0 Å². The molecule has 1 aliphatic rings. The Balaban J connectivity index is 2.91. The van der Waals surface area contributed by atoms with Gasteiger partial charge in [0.2, 0.25) is 0 Å². The molecule has 0 aromatic rings. The van der Waals surface area contributed by atoms with Crippen molar-refractivity contribution >= 4 is 11.9 Å². The molecular formula is C7H13N3O. The van der Waals surface area contributed by atoms with E-state index < -0.39 is 5.54 Å². The van der Waals surface area contributed by atoms with Crippen molar-refractivity contribution in [2.45, 2.75) is 32.2 Å². The van der Waals surface area contributed by atoms with Crippen molar-refractivity contribution in [2.24, 2.45) is 10.7 Å². The van der Waals surface area contributed by atoms with Gasteiger partial charge in [-0.25, -0.2) is 4.99 Å². The number of aliphatic imine (C=N–C) groups is 1. The molecular weight excluding hydrogens is 142 g/mol. The number of rotatable bonds is 2. The van der Waals surface area contributed by atoms with Crippen LogP contribution in [0.5, 0.6) is 0 Å². The fourth-order valence-electron chi connectivity index (χ4n) is 1.27. The average molecular weight is 155 g/mol. The third kappa shape index (κ3) is 1.08. The minimum absolute atomic E-state index is 0.0694. The minimum Gasteiger partial charge on any atom is -0.370 e. The Morgan fingerprint density at radius 3 is 2.27 bits per heavy atom. The van der Waals surface area contributed by atoms with Gasteiger partial charge in [-0.05, 0) is 12.8 Å². The van der Waals surface area contributed by atoms with Gasteiger partial charge in [0.1, 0.15) is 5.54 Å². The maximum Gasteiger partial charge on any atom is 0.254 e. The van der Waals surface area contributed by atoms with Crippen LogP contribution in [0.4, 0.5) is 0 Å². The highest BCUT2D eigenvalue weighted by Gasteiger charge is 2.39. The standard InChI is InChI=1S/C7H13N3O/c1-3-7(4-2)5(11)9-6(8)10-7/h3-4H2,1-2H3,(H3,8,9,10,11). The molecule has 1 heterocycles. The van der Waals surface area contributed by atoms with Crippen LogP contribution in [0.25, 0.3) is 0 Å². The molecule has 0 aromatic heterocycles. The number of carbonyl (C=O) groups excluding carboxylic acids is 1. The van der Waals surface area contributed by atoms with Crippen LogP contribution in [0.2, 0.25) is 0 Å². The van der Waals surface area contributed by atoms with Gasteiger partial charge in [0.25, 0.3) is 5.91 Å². The Kier molecular flexibility index (Phi) is 1.85. The molecule has 0 radical (unpaired) electrons. The number of nitrogens with one attached hydrogen (secondary N) is 1. The lowest BCUT2D eigenvalue weighted by atomic mass is 9.94. The molecule has 1 amide bonds. The van der Waals surface area contributed by atoms with Crippen molar-refractivity contribution in [3.8, 4) is 0 Å². The van der Waals surface area contributed by atoms with Crippen LogP contribution in [-0.2, 0) is 4.79 Å². The normalized spacial score (nSPS) is 21.3. The predicted molar refractivity (Wildman–Crippen MR) is 43.1 cm³/mol. The van der Waals surface area contributed by atoms with Crippen molar-refractivity contribution in [3.05, 3.63) is 0 Å². The van der Waals surface area contributed by atoms with Gasteiger partial charge in [-0.3, -0.25) is 10.1 Å². The maximum absolute atomic E-state index is 11.3. The van der Waals surface area contributed by atoms with E-state index in [2.05, 4.69) is 10.3 Å². The molecule has 3 N–H and O–H groups in total. The fourth-order valence-corrected chi connectivity index (χ4v) is 1.27. The smallest absolute Gasteiger partial charge is 0.254 e. The highest BCUT2D eigenvalue weighted by molar-refractivity contribution is 6.06. The van der Waals surface area contributed by atoms with Crippen LogP contribution in [-0.4, -0.2) is 17.4 Å². The van der Waals surface area contributed by atoms with E-state index in [1.807, 2.05) is 13.8 Å². The summed E-state index contributed by atoms with van der Waals surface area (Å²) in [5.74, 6) is 0.179. The van der Waals surface area contributed by atoms with Crippen molar-refractivity contribution in [3.63, 3.8) is 0 Å². The first-order valence-electron chi connectivity index (χ1n) is 3.81. The molecule has 0 bridgehead atoms. The molecule has 1 rings (SSSR count). The summed E-state index contributed by atoms with van der Waals surface area (Å²) in [6, 6.07) is 0. The van der Waals surface area contributed by atoms with Gasteiger partial charge >= 0.3 is 0 Å². The second-order valence-corrected chi connectivity index (χ2v) is 2.69. The van der Waals surface area contributed by atoms with Crippen LogP contribution in [0.15, 0.2) is 4.99 Å². The Morgan fingerprint density at radius 1 is 1.55 bits per heavy atom. The third-order valence-electron chi connectivity index (χ3n) is 2.17. The van der Waals surface area contributed by atoms with Crippen LogP contribution in [0, 0.1) is 0 Å². The Morgan fingerprint density at radius 2 is 2.09 bits per heavy atom. The van der Waals surface area contributed by atoms with Crippen molar-refractivity contribution < 1.29 is 4.79 Å². The third-order valence-corrected chi connectivity index (χ3v) is 2.17. The van der Waals surface area contributed by atoms with Crippen molar-refractivity contribution in [1.82, 2.24) is 5.32 Å². The highest BCUT2D eigenvalue weighted by atomic mass is 16.2. The summed E-state index contributed by atoms with van der Waals surface area (Å²) in [4.78, 5) is 15.3. The van der Waals surface area contributed by atoms with Crippen LogP contribution in [0.1, 0.15) is 26.7 Å². The molecule has 0 unspecified atom stereocenters. The Hall–Kier alpha value is -1.06. The van der Waals surface area contributed by atoms with E-state index in [-0.39, 0.29) is 11.9 Å². The second kappa shape index (κ2) is 2.53. The van der Waals surface area contributed by atoms with Gasteiger partial charge in [0, 0.05) is 0 Å². The number of carbonyl (C=O) groups is 1. The molecule has 0 aliphatic carbocycles. The largest absolute Gasteiger partial charge is 0.370 e. The first-order valence-corrected chi connectivity index (χ1v) is 3.81. The Labute approximate surface area is 65.9 Å². The van der Waals surface area contributed by atoms with Gasteiger partial charge in [0.15, 0.2) is 5.96 Å². The topological polar surface area (TPSA) is 67.5 Å². The van der Waals surface area contributed by atoms with E-state index in [0.717, 1.165) is 0 Å². The molecule has 4 nitrogen and oxygen atoms in total. The summed E-state index contributed by atoms with van der Waals surface area (Å²) in [7, 11) is 0. The average Bonchev–Trinajstić information content (AvgIpc) is 2.27. The first-order chi connectivity index (χ1) is 5.14. The molecule has 1 aliphatic heterocycles. The summed E-state index contributed by atoms with van der Waals surface area (Å²) in [5, 5.41) is 2.50. The molecule has 4 heteroatoms. The zero-order chi connectivity index (χ0) is 8.48. The molecule has 0 spiro atoms. The van der Waals surface area contributed by atoms with Gasteiger partial charge in [-0.2, -0.15) is 0 Å². The second-order valence-electron chi connectivity index (χ2n) is 2.69. The SMILES string of the molecule is CCC1(CC)N=C(N)NC1=O. The highest BCUT2D eigenvalue weighted by Crippen LogP contribution is 2.23. The van der Waals surface area contributed by atoms with Crippen molar-refractivity contribution in [2.75, 3.05) is 0 Å². The lowest BCUT2D eigenvalue weighted by Crippen LogP contribution is -2.39.